The molecule has 0 aliphatic carbocycles. The Bertz CT molecular complexity index is 290. The summed E-state index contributed by atoms with van der Waals surface area (Å²) in [5.41, 5.74) is 5.21. The molecule has 0 fully saturated rings. The van der Waals surface area contributed by atoms with Crippen molar-refractivity contribution in [2.45, 2.75) is 51.7 Å². The third kappa shape index (κ3) is 7.06. The normalized spacial score (nSPS) is 14.0. The summed E-state index contributed by atoms with van der Waals surface area (Å²) >= 11 is 0. The first-order chi connectivity index (χ1) is 8.38. The van der Waals surface area contributed by atoms with Gasteiger partial charge in [-0.05, 0) is 31.6 Å². The average Bonchev–Trinajstić information content (AvgIpc) is 2.26. The first-order valence-corrected chi connectivity index (χ1v) is 6.27. The molecule has 104 valence electrons. The summed E-state index contributed by atoms with van der Waals surface area (Å²) in [7, 11) is 0. The number of amides is 2. The molecular weight excluding hydrogens is 232 g/mol. The minimum absolute atomic E-state index is 0.207. The maximum atomic E-state index is 11.6. The van der Waals surface area contributed by atoms with Gasteiger partial charge in [-0.25, -0.2) is 0 Å². The van der Waals surface area contributed by atoms with Crippen molar-refractivity contribution in [1.29, 1.82) is 0 Å². The number of aliphatic hydroxyl groups excluding tert-OH is 1. The van der Waals surface area contributed by atoms with Crippen molar-refractivity contribution in [3.63, 3.8) is 0 Å². The SMILES string of the molecule is C=CCCC[C@@H](NC(=O)[C@H](O)CC(C)C)C(N)=O. The second-order valence-corrected chi connectivity index (χ2v) is 4.83. The molecule has 0 heterocycles. The molecule has 0 saturated heterocycles. The molecule has 0 aromatic rings. The maximum absolute atomic E-state index is 11.6. The van der Waals surface area contributed by atoms with E-state index in [9.17, 15) is 14.7 Å². The van der Waals surface area contributed by atoms with Gasteiger partial charge in [-0.1, -0.05) is 19.9 Å². The zero-order chi connectivity index (χ0) is 14.1. The summed E-state index contributed by atoms with van der Waals surface area (Å²) in [5, 5.41) is 12.1. The summed E-state index contributed by atoms with van der Waals surface area (Å²) < 4.78 is 0. The Morgan fingerprint density at radius 2 is 2.06 bits per heavy atom. The molecule has 18 heavy (non-hydrogen) atoms. The lowest BCUT2D eigenvalue weighted by molar-refractivity contribution is -0.133. The van der Waals surface area contributed by atoms with Crippen LogP contribution in [0.4, 0.5) is 0 Å². The van der Waals surface area contributed by atoms with Gasteiger partial charge in [0.1, 0.15) is 12.1 Å². The van der Waals surface area contributed by atoms with E-state index < -0.39 is 24.0 Å². The summed E-state index contributed by atoms with van der Waals surface area (Å²) in [6, 6.07) is -0.723. The van der Waals surface area contributed by atoms with E-state index in [0.717, 1.165) is 12.8 Å². The second kappa shape index (κ2) is 8.69. The van der Waals surface area contributed by atoms with Gasteiger partial charge < -0.3 is 16.2 Å². The highest BCUT2D eigenvalue weighted by molar-refractivity contribution is 5.88. The van der Waals surface area contributed by atoms with Crippen LogP contribution >= 0.6 is 0 Å². The summed E-state index contributed by atoms with van der Waals surface area (Å²) in [6.07, 6.45) is 2.96. The van der Waals surface area contributed by atoms with Gasteiger partial charge in [0.05, 0.1) is 0 Å². The molecule has 0 unspecified atom stereocenters. The molecular formula is C13H24N2O3. The van der Waals surface area contributed by atoms with Gasteiger partial charge in [0, 0.05) is 0 Å². The van der Waals surface area contributed by atoms with Crippen molar-refractivity contribution in [2.24, 2.45) is 11.7 Å². The molecule has 0 aliphatic rings. The Kier molecular flexibility index (Phi) is 8.03. The van der Waals surface area contributed by atoms with Crippen molar-refractivity contribution >= 4 is 11.8 Å². The molecule has 0 saturated carbocycles. The van der Waals surface area contributed by atoms with Crippen LogP contribution in [0.25, 0.3) is 0 Å². The minimum atomic E-state index is -1.09. The first kappa shape index (κ1) is 16.6. The number of carbonyl (C=O) groups is 2. The van der Waals surface area contributed by atoms with Crippen LogP contribution in [0.5, 0.6) is 0 Å². The highest BCUT2D eigenvalue weighted by Crippen LogP contribution is 2.06. The summed E-state index contributed by atoms with van der Waals surface area (Å²) in [5.74, 6) is -0.909. The Labute approximate surface area is 108 Å². The van der Waals surface area contributed by atoms with Gasteiger partial charge in [0.25, 0.3) is 0 Å². The molecule has 0 spiro atoms. The molecule has 0 aromatic heterocycles. The Morgan fingerprint density at radius 1 is 1.44 bits per heavy atom. The van der Waals surface area contributed by atoms with Crippen LogP contribution in [0.15, 0.2) is 12.7 Å². The largest absolute Gasteiger partial charge is 0.383 e. The number of nitrogens with two attached hydrogens (primary N) is 1. The molecule has 5 heteroatoms. The number of hydrogen-bond donors (Lipinski definition) is 3. The van der Waals surface area contributed by atoms with Crippen LogP contribution in [0.2, 0.25) is 0 Å². The molecule has 0 rings (SSSR count). The van der Waals surface area contributed by atoms with Gasteiger partial charge in [-0.2, -0.15) is 0 Å². The fraction of sp³-hybridized carbons (Fsp3) is 0.692. The third-order valence-electron chi connectivity index (χ3n) is 2.56. The molecule has 2 atom stereocenters. The van der Waals surface area contributed by atoms with Gasteiger partial charge in [-0.15, -0.1) is 6.58 Å². The topological polar surface area (TPSA) is 92.4 Å². The predicted octanol–water partition coefficient (Wildman–Crippen LogP) is 0.720. The molecule has 5 nitrogen and oxygen atoms in total. The van der Waals surface area contributed by atoms with Crippen LogP contribution < -0.4 is 11.1 Å². The van der Waals surface area contributed by atoms with Gasteiger partial charge in [0.15, 0.2) is 0 Å². The highest BCUT2D eigenvalue weighted by Gasteiger charge is 2.22. The van der Waals surface area contributed by atoms with Crippen molar-refractivity contribution in [1.82, 2.24) is 5.32 Å². The molecule has 0 radical (unpaired) electrons. The molecule has 2 amide bonds. The number of carbonyl (C=O) groups excluding carboxylic acids is 2. The number of rotatable bonds is 9. The van der Waals surface area contributed by atoms with Crippen LogP contribution in [0, 0.1) is 5.92 Å². The van der Waals surface area contributed by atoms with Crippen LogP contribution in [0.3, 0.4) is 0 Å². The van der Waals surface area contributed by atoms with Crippen molar-refractivity contribution in [3.05, 3.63) is 12.7 Å². The zero-order valence-electron chi connectivity index (χ0n) is 11.2. The number of aliphatic hydroxyl groups is 1. The molecule has 0 aliphatic heterocycles. The fourth-order valence-corrected chi connectivity index (χ4v) is 1.57. The maximum Gasteiger partial charge on any atom is 0.249 e. The van der Waals surface area contributed by atoms with Gasteiger partial charge in [0.2, 0.25) is 11.8 Å². The third-order valence-corrected chi connectivity index (χ3v) is 2.56. The van der Waals surface area contributed by atoms with E-state index in [-0.39, 0.29) is 5.92 Å². The average molecular weight is 256 g/mol. The van der Waals surface area contributed by atoms with Crippen LogP contribution in [-0.2, 0) is 9.59 Å². The number of primary amides is 1. The number of hydrogen-bond acceptors (Lipinski definition) is 3. The van der Waals surface area contributed by atoms with E-state index in [1.54, 1.807) is 6.08 Å². The number of unbranched alkanes of at least 4 members (excludes halogenated alkanes) is 1. The Morgan fingerprint density at radius 3 is 2.50 bits per heavy atom. The summed E-state index contributed by atoms with van der Waals surface area (Å²) in [4.78, 5) is 22.8. The van der Waals surface area contributed by atoms with E-state index in [4.69, 9.17) is 5.73 Å². The van der Waals surface area contributed by atoms with E-state index in [2.05, 4.69) is 11.9 Å². The lowest BCUT2D eigenvalue weighted by Crippen LogP contribution is -2.48. The lowest BCUT2D eigenvalue weighted by Gasteiger charge is -2.18. The molecule has 0 aromatic carbocycles. The van der Waals surface area contributed by atoms with Crippen molar-refractivity contribution < 1.29 is 14.7 Å². The predicted molar refractivity (Wildman–Crippen MR) is 70.6 cm³/mol. The van der Waals surface area contributed by atoms with Gasteiger partial charge in [-0.3, -0.25) is 9.59 Å². The Hall–Kier alpha value is -1.36. The van der Waals surface area contributed by atoms with E-state index in [1.165, 1.54) is 0 Å². The first-order valence-electron chi connectivity index (χ1n) is 6.27. The standard InChI is InChI=1S/C13H24N2O3/c1-4-5-6-7-10(12(14)17)15-13(18)11(16)8-9(2)3/h4,9-11,16H,1,5-8H2,2-3H3,(H2,14,17)(H,15,18)/t10-,11-/m1/s1. The Balaban J connectivity index is 4.26. The fourth-order valence-electron chi connectivity index (χ4n) is 1.57. The molecule has 4 N–H and O–H groups in total. The zero-order valence-corrected chi connectivity index (χ0v) is 11.2. The minimum Gasteiger partial charge on any atom is -0.383 e. The highest BCUT2D eigenvalue weighted by atomic mass is 16.3. The smallest absolute Gasteiger partial charge is 0.249 e. The monoisotopic (exact) mass is 256 g/mol. The summed E-state index contributed by atoms with van der Waals surface area (Å²) in [6.45, 7) is 7.40. The van der Waals surface area contributed by atoms with Crippen LogP contribution in [0.1, 0.15) is 39.5 Å². The molecule has 0 bridgehead atoms. The number of nitrogens with one attached hydrogen (secondary N) is 1. The second-order valence-electron chi connectivity index (χ2n) is 4.83. The van der Waals surface area contributed by atoms with Crippen LogP contribution in [-0.4, -0.2) is 29.1 Å². The van der Waals surface area contributed by atoms with E-state index in [1.807, 2.05) is 13.8 Å². The number of allylic oxidation sites excluding steroid dienone is 1. The van der Waals surface area contributed by atoms with E-state index in [0.29, 0.717) is 12.8 Å². The van der Waals surface area contributed by atoms with E-state index >= 15 is 0 Å². The van der Waals surface area contributed by atoms with Crippen molar-refractivity contribution in [2.75, 3.05) is 0 Å². The van der Waals surface area contributed by atoms with Crippen molar-refractivity contribution in [3.8, 4) is 0 Å². The van der Waals surface area contributed by atoms with Gasteiger partial charge >= 0.3 is 0 Å². The quantitative estimate of drug-likeness (QED) is 0.419. The lowest BCUT2D eigenvalue weighted by atomic mass is 10.0.